The van der Waals surface area contributed by atoms with Gasteiger partial charge in [0, 0.05) is 18.2 Å². The number of amides is 1. The molecule has 28 heavy (non-hydrogen) atoms. The minimum absolute atomic E-state index is 0.0390. The lowest BCUT2D eigenvalue weighted by atomic mass is 10.1. The molecular weight excluding hydrogens is 400 g/mol. The Morgan fingerprint density at radius 1 is 1.21 bits per heavy atom. The number of halogens is 1. The van der Waals surface area contributed by atoms with E-state index in [1.54, 1.807) is 7.11 Å². The van der Waals surface area contributed by atoms with Crippen molar-refractivity contribution in [2.75, 3.05) is 13.7 Å². The highest BCUT2D eigenvalue weighted by Crippen LogP contribution is 2.27. The first-order valence-electron chi connectivity index (χ1n) is 9.04. The van der Waals surface area contributed by atoms with Crippen LogP contribution in [0.2, 0.25) is 5.02 Å². The minimum atomic E-state index is -3.74. The van der Waals surface area contributed by atoms with E-state index in [0.717, 1.165) is 29.7 Å². The third-order valence-corrected chi connectivity index (χ3v) is 6.50. The molecule has 0 bridgehead atoms. The van der Waals surface area contributed by atoms with Crippen LogP contribution < -0.4 is 14.8 Å². The molecule has 2 aromatic carbocycles. The number of carbonyl (C=O) groups is 1. The van der Waals surface area contributed by atoms with Crippen molar-refractivity contribution in [1.82, 2.24) is 10.0 Å². The standard InChI is InChI=1S/C20H23ClN2O4S/c1-13-3-8-18(27-2)14(11-13)9-10-22-20(24)15-4-7-17(21)19(12-15)28(25,26)23-16-5-6-16/h3-4,7-8,11-12,16,23H,5-6,9-10H2,1-2H3,(H,22,24). The number of benzene rings is 2. The second-order valence-electron chi connectivity index (χ2n) is 6.86. The average molecular weight is 423 g/mol. The van der Waals surface area contributed by atoms with Crippen molar-refractivity contribution in [3.63, 3.8) is 0 Å². The van der Waals surface area contributed by atoms with Gasteiger partial charge >= 0.3 is 0 Å². The number of nitrogens with one attached hydrogen (secondary N) is 2. The molecule has 150 valence electrons. The van der Waals surface area contributed by atoms with Gasteiger partial charge in [0.15, 0.2) is 0 Å². The van der Waals surface area contributed by atoms with Gasteiger partial charge in [0.05, 0.1) is 12.1 Å². The molecule has 6 nitrogen and oxygen atoms in total. The summed E-state index contributed by atoms with van der Waals surface area (Å²) in [4.78, 5) is 12.4. The fraction of sp³-hybridized carbons (Fsp3) is 0.350. The van der Waals surface area contributed by atoms with Gasteiger partial charge in [-0.25, -0.2) is 13.1 Å². The van der Waals surface area contributed by atoms with Crippen molar-refractivity contribution >= 4 is 27.5 Å². The van der Waals surface area contributed by atoms with Crippen LogP contribution in [0.4, 0.5) is 0 Å². The third-order valence-electron chi connectivity index (χ3n) is 4.50. The van der Waals surface area contributed by atoms with Crippen LogP contribution in [0.1, 0.15) is 34.3 Å². The largest absolute Gasteiger partial charge is 0.496 e. The molecule has 0 aliphatic heterocycles. The molecule has 0 saturated heterocycles. The topological polar surface area (TPSA) is 84.5 Å². The lowest BCUT2D eigenvalue weighted by Gasteiger charge is -2.12. The van der Waals surface area contributed by atoms with Gasteiger partial charge in [-0.2, -0.15) is 0 Å². The van der Waals surface area contributed by atoms with Crippen LogP contribution in [0.5, 0.6) is 5.75 Å². The number of aryl methyl sites for hydroxylation is 1. The summed E-state index contributed by atoms with van der Waals surface area (Å²) in [7, 11) is -2.13. The molecule has 0 atom stereocenters. The summed E-state index contributed by atoms with van der Waals surface area (Å²) in [5.74, 6) is 0.414. The van der Waals surface area contributed by atoms with E-state index in [1.165, 1.54) is 18.2 Å². The highest BCUT2D eigenvalue weighted by molar-refractivity contribution is 7.89. The Balaban J connectivity index is 1.68. The predicted octanol–water partition coefficient (Wildman–Crippen LogP) is 3.07. The van der Waals surface area contributed by atoms with Crippen LogP contribution in [0.15, 0.2) is 41.3 Å². The van der Waals surface area contributed by atoms with Crippen LogP contribution >= 0.6 is 11.6 Å². The van der Waals surface area contributed by atoms with Crippen LogP contribution in [-0.2, 0) is 16.4 Å². The maximum Gasteiger partial charge on any atom is 0.251 e. The van der Waals surface area contributed by atoms with Gasteiger partial charge in [0.2, 0.25) is 10.0 Å². The first-order chi connectivity index (χ1) is 13.3. The Kier molecular flexibility index (Phi) is 6.27. The Hall–Kier alpha value is -2.09. The zero-order chi connectivity index (χ0) is 20.3. The van der Waals surface area contributed by atoms with Gasteiger partial charge in [-0.3, -0.25) is 4.79 Å². The SMILES string of the molecule is COc1ccc(C)cc1CCNC(=O)c1ccc(Cl)c(S(=O)(=O)NC2CC2)c1. The highest BCUT2D eigenvalue weighted by atomic mass is 35.5. The van der Waals surface area contributed by atoms with Crippen molar-refractivity contribution in [2.24, 2.45) is 0 Å². The Bertz CT molecular complexity index is 988. The molecule has 0 unspecified atom stereocenters. The summed E-state index contributed by atoms with van der Waals surface area (Å²) in [6.45, 7) is 2.39. The quantitative estimate of drug-likeness (QED) is 0.684. The smallest absolute Gasteiger partial charge is 0.251 e. The second kappa shape index (κ2) is 8.51. The van der Waals surface area contributed by atoms with Crippen molar-refractivity contribution < 1.29 is 17.9 Å². The molecule has 1 fully saturated rings. The maximum atomic E-state index is 12.5. The summed E-state index contributed by atoms with van der Waals surface area (Å²) < 4.78 is 32.8. The van der Waals surface area contributed by atoms with E-state index < -0.39 is 10.0 Å². The van der Waals surface area contributed by atoms with Crippen LogP contribution in [0, 0.1) is 6.92 Å². The second-order valence-corrected chi connectivity index (χ2v) is 8.95. The number of hydrogen-bond acceptors (Lipinski definition) is 4. The molecule has 1 aliphatic rings. The number of sulfonamides is 1. The maximum absolute atomic E-state index is 12.5. The molecule has 1 aliphatic carbocycles. The van der Waals surface area contributed by atoms with Crippen molar-refractivity contribution in [3.8, 4) is 5.75 Å². The van der Waals surface area contributed by atoms with E-state index in [-0.39, 0.29) is 27.4 Å². The van der Waals surface area contributed by atoms with Crippen LogP contribution in [-0.4, -0.2) is 34.0 Å². The molecule has 0 aromatic heterocycles. The lowest BCUT2D eigenvalue weighted by molar-refractivity contribution is 0.0954. The van der Waals surface area contributed by atoms with E-state index in [4.69, 9.17) is 16.3 Å². The van der Waals surface area contributed by atoms with Gasteiger partial charge in [-0.05, 0) is 56.0 Å². The monoisotopic (exact) mass is 422 g/mol. The molecule has 8 heteroatoms. The third kappa shape index (κ3) is 5.04. The van der Waals surface area contributed by atoms with E-state index >= 15 is 0 Å². The number of ether oxygens (including phenoxy) is 1. The summed E-state index contributed by atoms with van der Waals surface area (Å²) in [6.07, 6.45) is 2.23. The molecule has 1 amide bonds. The van der Waals surface area contributed by atoms with Gasteiger partial charge in [0.25, 0.3) is 5.91 Å². The van der Waals surface area contributed by atoms with E-state index in [9.17, 15) is 13.2 Å². The predicted molar refractivity (Wildman–Crippen MR) is 109 cm³/mol. The Morgan fingerprint density at radius 3 is 2.64 bits per heavy atom. The van der Waals surface area contributed by atoms with Gasteiger partial charge < -0.3 is 10.1 Å². The molecule has 2 aromatic rings. The first-order valence-corrected chi connectivity index (χ1v) is 10.9. The molecule has 2 N–H and O–H groups in total. The first kappa shape index (κ1) is 20.6. The van der Waals surface area contributed by atoms with E-state index in [1.807, 2.05) is 25.1 Å². The molecule has 1 saturated carbocycles. The van der Waals surface area contributed by atoms with E-state index in [0.29, 0.717) is 13.0 Å². The highest BCUT2D eigenvalue weighted by Gasteiger charge is 2.29. The fourth-order valence-electron chi connectivity index (χ4n) is 2.85. The summed E-state index contributed by atoms with van der Waals surface area (Å²) >= 11 is 6.06. The molecule has 3 rings (SSSR count). The van der Waals surface area contributed by atoms with Gasteiger partial charge in [-0.15, -0.1) is 0 Å². The number of methoxy groups -OCH3 is 1. The average Bonchev–Trinajstić information content (AvgIpc) is 3.45. The van der Waals surface area contributed by atoms with Crippen molar-refractivity contribution in [2.45, 2.75) is 37.1 Å². The summed E-state index contributed by atoms with van der Waals surface area (Å²) in [5, 5.41) is 2.91. The lowest BCUT2D eigenvalue weighted by Crippen LogP contribution is -2.28. The number of carbonyl (C=O) groups excluding carboxylic acids is 1. The summed E-state index contributed by atoms with van der Waals surface area (Å²) in [5.41, 5.74) is 2.35. The Labute approximate surface area is 170 Å². The normalized spacial score (nSPS) is 14.0. The van der Waals surface area contributed by atoms with E-state index in [2.05, 4.69) is 10.0 Å². The fourth-order valence-corrected chi connectivity index (χ4v) is 4.68. The zero-order valence-corrected chi connectivity index (χ0v) is 17.4. The van der Waals surface area contributed by atoms with Crippen LogP contribution in [0.3, 0.4) is 0 Å². The Morgan fingerprint density at radius 2 is 1.96 bits per heavy atom. The molecule has 0 radical (unpaired) electrons. The van der Waals surface area contributed by atoms with Crippen LogP contribution in [0.25, 0.3) is 0 Å². The van der Waals surface area contributed by atoms with Crippen molar-refractivity contribution in [3.05, 3.63) is 58.1 Å². The molecule has 0 spiro atoms. The number of rotatable bonds is 8. The minimum Gasteiger partial charge on any atom is -0.496 e. The molecule has 0 heterocycles. The van der Waals surface area contributed by atoms with Gasteiger partial charge in [-0.1, -0.05) is 29.3 Å². The molecular formula is C20H23ClN2O4S. The summed E-state index contributed by atoms with van der Waals surface area (Å²) in [6, 6.07) is 10.1. The van der Waals surface area contributed by atoms with Gasteiger partial charge in [0.1, 0.15) is 10.6 Å². The zero-order valence-electron chi connectivity index (χ0n) is 15.8. The van der Waals surface area contributed by atoms with Crippen molar-refractivity contribution in [1.29, 1.82) is 0 Å². The number of hydrogen-bond donors (Lipinski definition) is 2.